The molecule has 32 heavy (non-hydrogen) atoms. The summed E-state index contributed by atoms with van der Waals surface area (Å²) < 4.78 is 5.49. The molecule has 2 aromatic rings. The molecule has 172 valence electrons. The van der Waals surface area contributed by atoms with Gasteiger partial charge in [0, 0.05) is 56.4 Å². The van der Waals surface area contributed by atoms with Gasteiger partial charge in [-0.1, -0.05) is 43.7 Å². The first-order valence-electron chi connectivity index (χ1n) is 11.1. The van der Waals surface area contributed by atoms with Gasteiger partial charge < -0.3 is 20.3 Å². The molecule has 1 aliphatic rings. The Morgan fingerprint density at radius 2 is 1.72 bits per heavy atom. The lowest BCUT2D eigenvalue weighted by atomic mass is 10.1. The van der Waals surface area contributed by atoms with Crippen LogP contribution < -0.4 is 15.4 Å². The van der Waals surface area contributed by atoms with Gasteiger partial charge >= 0.3 is 6.03 Å². The highest BCUT2D eigenvalue weighted by atomic mass is 16.5. The number of carbonyl (C=O) groups is 2. The van der Waals surface area contributed by atoms with Gasteiger partial charge in [-0.3, -0.25) is 9.69 Å². The molecule has 1 saturated heterocycles. The number of urea groups is 1. The van der Waals surface area contributed by atoms with Crippen molar-refractivity contribution in [3.63, 3.8) is 0 Å². The first-order chi connectivity index (χ1) is 15.4. The number of aryl methyl sites for hydroxylation is 1. The molecule has 1 fully saturated rings. The van der Waals surface area contributed by atoms with Crippen molar-refractivity contribution in [3.8, 4) is 5.75 Å². The number of piperazine rings is 1. The van der Waals surface area contributed by atoms with E-state index >= 15 is 0 Å². The van der Waals surface area contributed by atoms with Crippen molar-refractivity contribution in [2.45, 2.75) is 33.9 Å². The van der Waals surface area contributed by atoms with E-state index in [1.54, 1.807) is 7.11 Å². The Morgan fingerprint density at radius 1 is 1.03 bits per heavy atom. The van der Waals surface area contributed by atoms with E-state index in [-0.39, 0.29) is 17.9 Å². The molecule has 0 bridgehead atoms. The summed E-state index contributed by atoms with van der Waals surface area (Å²) in [6, 6.07) is 13.7. The Balaban J connectivity index is 1.44. The third kappa shape index (κ3) is 6.47. The Hall–Kier alpha value is -3.06. The van der Waals surface area contributed by atoms with Crippen molar-refractivity contribution < 1.29 is 14.3 Å². The van der Waals surface area contributed by atoms with Crippen LogP contribution in [0.1, 0.15) is 30.5 Å². The van der Waals surface area contributed by atoms with Crippen LogP contribution in [0, 0.1) is 12.8 Å². The third-order valence-electron chi connectivity index (χ3n) is 5.68. The molecule has 7 heteroatoms. The summed E-state index contributed by atoms with van der Waals surface area (Å²) in [4.78, 5) is 28.6. The van der Waals surface area contributed by atoms with Crippen molar-refractivity contribution in [1.29, 1.82) is 0 Å². The number of hydrogen-bond donors (Lipinski definition) is 2. The Kier molecular flexibility index (Phi) is 8.11. The van der Waals surface area contributed by atoms with Gasteiger partial charge in [-0.15, -0.1) is 0 Å². The van der Waals surface area contributed by atoms with Gasteiger partial charge in [0.25, 0.3) is 0 Å². The van der Waals surface area contributed by atoms with E-state index < -0.39 is 0 Å². The monoisotopic (exact) mass is 438 g/mol. The van der Waals surface area contributed by atoms with Crippen LogP contribution in [0.4, 0.5) is 10.5 Å². The minimum absolute atomic E-state index is 0.00830. The largest absolute Gasteiger partial charge is 0.496 e. The highest BCUT2D eigenvalue weighted by Gasteiger charge is 2.21. The van der Waals surface area contributed by atoms with Crippen molar-refractivity contribution >= 4 is 17.6 Å². The van der Waals surface area contributed by atoms with Crippen LogP contribution in [0.3, 0.4) is 0 Å². The number of amides is 3. The van der Waals surface area contributed by atoms with Gasteiger partial charge in [0.1, 0.15) is 5.75 Å². The zero-order valence-corrected chi connectivity index (χ0v) is 19.5. The molecule has 2 aromatic carbocycles. The maximum absolute atomic E-state index is 12.6. The molecule has 0 spiro atoms. The third-order valence-corrected chi connectivity index (χ3v) is 5.68. The Labute approximate surface area is 190 Å². The number of hydrogen-bond acceptors (Lipinski definition) is 4. The maximum Gasteiger partial charge on any atom is 0.317 e. The van der Waals surface area contributed by atoms with Gasteiger partial charge in [-0.05, 0) is 30.7 Å². The van der Waals surface area contributed by atoms with Gasteiger partial charge in [0.2, 0.25) is 5.91 Å². The molecule has 0 saturated carbocycles. The van der Waals surface area contributed by atoms with E-state index in [0.717, 1.165) is 36.6 Å². The van der Waals surface area contributed by atoms with E-state index in [0.29, 0.717) is 19.6 Å². The number of anilines is 1. The number of benzene rings is 2. The molecule has 1 aliphatic heterocycles. The number of methoxy groups -OCH3 is 1. The number of ether oxygens (including phenoxy) is 1. The zero-order chi connectivity index (χ0) is 23.1. The van der Waals surface area contributed by atoms with Gasteiger partial charge in [0.05, 0.1) is 7.11 Å². The summed E-state index contributed by atoms with van der Waals surface area (Å²) in [5, 5.41) is 5.87. The normalized spacial score (nSPS) is 14.3. The molecule has 7 nitrogen and oxygen atoms in total. The lowest BCUT2D eigenvalue weighted by molar-refractivity contribution is -0.118. The van der Waals surface area contributed by atoms with Gasteiger partial charge in [-0.25, -0.2) is 4.79 Å². The molecular weight excluding hydrogens is 404 g/mol. The zero-order valence-electron chi connectivity index (χ0n) is 19.5. The predicted molar refractivity (Wildman–Crippen MR) is 127 cm³/mol. The second-order valence-corrected chi connectivity index (χ2v) is 8.58. The van der Waals surface area contributed by atoms with Crippen molar-refractivity contribution in [2.75, 3.05) is 38.6 Å². The van der Waals surface area contributed by atoms with E-state index in [9.17, 15) is 9.59 Å². The molecule has 3 amide bonds. The van der Waals surface area contributed by atoms with Crippen molar-refractivity contribution in [3.05, 3.63) is 59.2 Å². The number of nitrogens with one attached hydrogen (secondary N) is 2. The highest BCUT2D eigenvalue weighted by Crippen LogP contribution is 2.22. The van der Waals surface area contributed by atoms with Crippen LogP contribution in [-0.2, 0) is 17.9 Å². The molecule has 0 atom stereocenters. The van der Waals surface area contributed by atoms with Crippen LogP contribution in [-0.4, -0.2) is 55.0 Å². The smallest absolute Gasteiger partial charge is 0.317 e. The van der Waals surface area contributed by atoms with Gasteiger partial charge in [0.15, 0.2) is 0 Å². The molecule has 0 aliphatic carbocycles. The lowest BCUT2D eigenvalue weighted by Gasteiger charge is -2.35. The van der Waals surface area contributed by atoms with Gasteiger partial charge in [-0.2, -0.15) is 0 Å². The SMILES string of the molecule is COc1ccc(C)cc1CN1CCN(C(=O)NCc2ccc(NC(=O)C(C)C)cc2)CC1. The minimum Gasteiger partial charge on any atom is -0.496 e. The predicted octanol–water partition coefficient (Wildman–Crippen LogP) is 3.63. The summed E-state index contributed by atoms with van der Waals surface area (Å²) >= 11 is 0. The first-order valence-corrected chi connectivity index (χ1v) is 11.1. The molecule has 1 heterocycles. The van der Waals surface area contributed by atoms with Crippen molar-refractivity contribution in [2.24, 2.45) is 5.92 Å². The second kappa shape index (κ2) is 11.0. The van der Waals surface area contributed by atoms with E-state index in [1.165, 1.54) is 11.1 Å². The quantitative estimate of drug-likeness (QED) is 0.692. The first kappa shape index (κ1) is 23.6. The Morgan fingerprint density at radius 3 is 2.34 bits per heavy atom. The summed E-state index contributed by atoms with van der Waals surface area (Å²) in [5.41, 5.74) is 4.15. The number of nitrogens with zero attached hydrogens (tertiary/aromatic N) is 2. The van der Waals surface area contributed by atoms with E-state index in [2.05, 4.69) is 34.6 Å². The van der Waals surface area contributed by atoms with Crippen molar-refractivity contribution in [1.82, 2.24) is 15.1 Å². The second-order valence-electron chi connectivity index (χ2n) is 8.58. The fourth-order valence-corrected chi connectivity index (χ4v) is 3.66. The summed E-state index contributed by atoms with van der Waals surface area (Å²) in [7, 11) is 1.70. The topological polar surface area (TPSA) is 73.9 Å². The average molecular weight is 439 g/mol. The van der Waals surface area contributed by atoms with Crippen LogP contribution in [0.2, 0.25) is 0 Å². The molecule has 3 rings (SSSR count). The Bertz CT molecular complexity index is 919. The van der Waals surface area contributed by atoms with E-state index in [1.807, 2.05) is 49.1 Å². The summed E-state index contributed by atoms with van der Waals surface area (Å²) in [5.74, 6) is 0.838. The fourth-order valence-electron chi connectivity index (χ4n) is 3.66. The highest BCUT2D eigenvalue weighted by molar-refractivity contribution is 5.92. The summed E-state index contributed by atoms with van der Waals surface area (Å²) in [6.07, 6.45) is 0. The van der Waals surface area contributed by atoms with E-state index in [4.69, 9.17) is 4.74 Å². The average Bonchev–Trinajstić information content (AvgIpc) is 2.79. The van der Waals surface area contributed by atoms with Crippen LogP contribution in [0.15, 0.2) is 42.5 Å². The molecule has 0 aromatic heterocycles. The molecule has 0 unspecified atom stereocenters. The van der Waals surface area contributed by atoms with Crippen LogP contribution in [0.25, 0.3) is 0 Å². The number of carbonyl (C=O) groups excluding carboxylic acids is 2. The molecule has 2 N–H and O–H groups in total. The maximum atomic E-state index is 12.6. The standard InChI is InChI=1S/C25H34N4O3/c1-18(2)24(30)27-22-8-6-20(7-9-22)16-26-25(31)29-13-11-28(12-14-29)17-21-15-19(3)5-10-23(21)32-4/h5-10,15,18H,11-14,16-17H2,1-4H3,(H,26,31)(H,27,30). The molecular formula is C25H34N4O3. The minimum atomic E-state index is -0.0618. The van der Waals surface area contributed by atoms with Crippen LogP contribution >= 0.6 is 0 Å². The molecule has 0 radical (unpaired) electrons. The summed E-state index contributed by atoms with van der Waals surface area (Å²) in [6.45, 7) is 10.1. The number of rotatable bonds is 7. The lowest BCUT2D eigenvalue weighted by Crippen LogP contribution is -2.51. The fraction of sp³-hybridized carbons (Fsp3) is 0.440. The van der Waals surface area contributed by atoms with Crippen LogP contribution in [0.5, 0.6) is 5.75 Å².